The molecule has 2 fully saturated rings. The van der Waals surface area contributed by atoms with Gasteiger partial charge in [0.15, 0.2) is 0 Å². The Bertz CT molecular complexity index is 954. The zero-order chi connectivity index (χ0) is 24.2. The van der Waals surface area contributed by atoms with E-state index in [4.69, 9.17) is 4.74 Å². The quantitative estimate of drug-likeness (QED) is 0.552. The molecule has 1 aromatic heterocycles. The van der Waals surface area contributed by atoms with Gasteiger partial charge in [-0.2, -0.15) is 0 Å². The number of piperidine rings is 1. The molecule has 2 saturated heterocycles. The first-order valence-electron chi connectivity index (χ1n) is 12.5. The van der Waals surface area contributed by atoms with E-state index in [2.05, 4.69) is 33.9 Å². The first kappa shape index (κ1) is 24.5. The van der Waals surface area contributed by atoms with Gasteiger partial charge in [0.05, 0.1) is 6.61 Å². The maximum atomic E-state index is 13.0. The highest BCUT2D eigenvalue weighted by Crippen LogP contribution is 2.27. The number of ether oxygens (including phenoxy) is 1. The SMILES string of the molecule is Cc1cnc(N2CCC(CCCOc3cc(C)c(C(=O)N4CC(N(C)C)C4)c(C)c3)CC2)nc1. The molecule has 7 nitrogen and oxygen atoms in total. The normalized spacial score (nSPS) is 17.2. The Labute approximate surface area is 204 Å². The lowest BCUT2D eigenvalue weighted by atomic mass is 9.92. The van der Waals surface area contributed by atoms with Gasteiger partial charge in [-0.1, -0.05) is 0 Å². The summed E-state index contributed by atoms with van der Waals surface area (Å²) in [7, 11) is 4.14. The van der Waals surface area contributed by atoms with Crippen LogP contribution in [0.2, 0.25) is 0 Å². The number of nitrogens with zero attached hydrogens (tertiary/aromatic N) is 5. The molecule has 2 aliphatic rings. The third-order valence-electron chi connectivity index (χ3n) is 7.29. The highest BCUT2D eigenvalue weighted by Gasteiger charge is 2.33. The maximum Gasteiger partial charge on any atom is 0.254 e. The van der Waals surface area contributed by atoms with Crippen LogP contribution in [0, 0.1) is 26.7 Å². The Balaban J connectivity index is 1.20. The fourth-order valence-corrected chi connectivity index (χ4v) is 4.98. The van der Waals surface area contributed by atoms with Gasteiger partial charge in [0.25, 0.3) is 5.91 Å². The lowest BCUT2D eigenvalue weighted by molar-refractivity contribution is 0.0398. The second-order valence-corrected chi connectivity index (χ2v) is 10.2. The van der Waals surface area contributed by atoms with Gasteiger partial charge in [-0.15, -0.1) is 0 Å². The number of carbonyl (C=O) groups excluding carboxylic acids is 1. The summed E-state index contributed by atoms with van der Waals surface area (Å²) < 4.78 is 6.08. The smallest absolute Gasteiger partial charge is 0.254 e. The predicted octanol–water partition coefficient (Wildman–Crippen LogP) is 3.86. The number of likely N-dealkylation sites (tertiary alicyclic amines) is 1. The molecule has 184 valence electrons. The van der Waals surface area contributed by atoms with E-state index >= 15 is 0 Å². The second-order valence-electron chi connectivity index (χ2n) is 10.2. The van der Waals surface area contributed by atoms with Crippen LogP contribution in [0.5, 0.6) is 5.75 Å². The van der Waals surface area contributed by atoms with Crippen LogP contribution in [0.25, 0.3) is 0 Å². The molecule has 0 saturated carbocycles. The number of rotatable bonds is 8. The van der Waals surface area contributed by atoms with Crippen molar-refractivity contribution in [2.45, 2.75) is 52.5 Å². The van der Waals surface area contributed by atoms with E-state index in [0.29, 0.717) is 12.6 Å². The number of anilines is 1. The van der Waals surface area contributed by atoms with E-state index in [9.17, 15) is 4.79 Å². The number of benzene rings is 1. The van der Waals surface area contributed by atoms with Crippen molar-refractivity contribution in [3.05, 3.63) is 46.8 Å². The molecule has 3 heterocycles. The van der Waals surface area contributed by atoms with Gasteiger partial charge in [-0.25, -0.2) is 9.97 Å². The van der Waals surface area contributed by atoms with Gasteiger partial charge >= 0.3 is 0 Å². The van der Waals surface area contributed by atoms with Crippen LogP contribution in [0.3, 0.4) is 0 Å². The number of carbonyl (C=O) groups is 1. The highest BCUT2D eigenvalue weighted by atomic mass is 16.5. The van der Waals surface area contributed by atoms with Crippen LogP contribution >= 0.6 is 0 Å². The van der Waals surface area contributed by atoms with Crippen molar-refractivity contribution in [3.8, 4) is 5.75 Å². The van der Waals surface area contributed by atoms with Crippen molar-refractivity contribution < 1.29 is 9.53 Å². The van der Waals surface area contributed by atoms with E-state index in [0.717, 1.165) is 72.5 Å². The lowest BCUT2D eigenvalue weighted by Gasteiger charge is -2.43. The Morgan fingerprint density at radius 1 is 1.06 bits per heavy atom. The number of amides is 1. The molecule has 0 unspecified atom stereocenters. The van der Waals surface area contributed by atoms with Crippen molar-refractivity contribution in [1.29, 1.82) is 0 Å². The van der Waals surface area contributed by atoms with Gasteiger partial charge in [-0.3, -0.25) is 4.79 Å². The number of aromatic nitrogens is 2. The molecule has 0 spiro atoms. The van der Waals surface area contributed by atoms with Crippen molar-refractivity contribution in [2.24, 2.45) is 5.92 Å². The van der Waals surface area contributed by atoms with E-state index in [-0.39, 0.29) is 5.91 Å². The molecule has 0 atom stereocenters. The number of hydrogen-bond acceptors (Lipinski definition) is 6. The summed E-state index contributed by atoms with van der Waals surface area (Å²) >= 11 is 0. The zero-order valence-electron chi connectivity index (χ0n) is 21.4. The van der Waals surface area contributed by atoms with E-state index < -0.39 is 0 Å². The lowest BCUT2D eigenvalue weighted by Crippen LogP contribution is -2.59. The molecule has 7 heteroatoms. The topological polar surface area (TPSA) is 61.8 Å². The average Bonchev–Trinajstić information content (AvgIpc) is 2.76. The summed E-state index contributed by atoms with van der Waals surface area (Å²) in [6.45, 7) is 10.4. The molecule has 2 aromatic rings. The molecule has 4 rings (SSSR count). The van der Waals surface area contributed by atoms with Gasteiger partial charge in [0, 0.05) is 50.2 Å². The Morgan fingerprint density at radius 3 is 2.26 bits per heavy atom. The Morgan fingerprint density at radius 2 is 1.68 bits per heavy atom. The van der Waals surface area contributed by atoms with Gasteiger partial charge < -0.3 is 19.4 Å². The molecule has 0 bridgehead atoms. The number of aryl methyl sites for hydroxylation is 3. The second kappa shape index (κ2) is 10.7. The molecule has 34 heavy (non-hydrogen) atoms. The summed E-state index contributed by atoms with van der Waals surface area (Å²) in [5, 5.41) is 0. The van der Waals surface area contributed by atoms with Crippen molar-refractivity contribution in [1.82, 2.24) is 19.8 Å². The number of hydrogen-bond donors (Lipinski definition) is 0. The van der Waals surface area contributed by atoms with Crippen LogP contribution in [-0.4, -0.2) is 78.6 Å². The van der Waals surface area contributed by atoms with Crippen LogP contribution < -0.4 is 9.64 Å². The standard InChI is InChI=1S/C27H39N5O2/c1-19-15-28-27(29-16-19)31-10-8-22(9-11-31)7-6-12-34-24-13-20(2)25(21(3)14-24)26(33)32-17-23(18-32)30(4)5/h13-16,22-23H,6-12,17-18H2,1-5H3. The maximum absolute atomic E-state index is 13.0. The summed E-state index contributed by atoms with van der Waals surface area (Å²) in [4.78, 5) is 28.3. The summed E-state index contributed by atoms with van der Waals surface area (Å²) in [6, 6.07) is 4.50. The Kier molecular flexibility index (Phi) is 7.71. The monoisotopic (exact) mass is 465 g/mol. The molecular formula is C27H39N5O2. The first-order valence-corrected chi connectivity index (χ1v) is 12.5. The minimum Gasteiger partial charge on any atom is -0.494 e. The van der Waals surface area contributed by atoms with E-state index in [1.165, 1.54) is 19.3 Å². The molecule has 2 aliphatic heterocycles. The summed E-state index contributed by atoms with van der Waals surface area (Å²) in [6.07, 6.45) is 8.37. The summed E-state index contributed by atoms with van der Waals surface area (Å²) in [5.74, 6) is 2.60. The van der Waals surface area contributed by atoms with Crippen LogP contribution in [0.4, 0.5) is 5.95 Å². The molecule has 1 amide bonds. The zero-order valence-corrected chi connectivity index (χ0v) is 21.4. The van der Waals surface area contributed by atoms with Gasteiger partial charge in [-0.05, 0) is 95.3 Å². The van der Waals surface area contributed by atoms with Crippen molar-refractivity contribution >= 4 is 11.9 Å². The molecule has 0 aliphatic carbocycles. The molecule has 1 aromatic carbocycles. The van der Waals surface area contributed by atoms with Crippen molar-refractivity contribution in [2.75, 3.05) is 51.8 Å². The van der Waals surface area contributed by atoms with E-state index in [1.54, 1.807) is 0 Å². The minimum absolute atomic E-state index is 0.141. The summed E-state index contributed by atoms with van der Waals surface area (Å²) in [5.41, 5.74) is 3.92. The average molecular weight is 466 g/mol. The third-order valence-corrected chi connectivity index (χ3v) is 7.29. The fraction of sp³-hybridized carbons (Fsp3) is 0.593. The predicted molar refractivity (Wildman–Crippen MR) is 136 cm³/mol. The van der Waals surface area contributed by atoms with E-state index in [1.807, 2.05) is 50.2 Å². The van der Waals surface area contributed by atoms with Crippen LogP contribution in [-0.2, 0) is 0 Å². The molecule has 0 N–H and O–H groups in total. The largest absolute Gasteiger partial charge is 0.494 e. The fourth-order valence-electron chi connectivity index (χ4n) is 4.98. The van der Waals surface area contributed by atoms with Crippen LogP contribution in [0.15, 0.2) is 24.5 Å². The first-order chi connectivity index (χ1) is 16.3. The van der Waals surface area contributed by atoms with Crippen molar-refractivity contribution in [3.63, 3.8) is 0 Å². The molecule has 0 radical (unpaired) electrons. The highest BCUT2D eigenvalue weighted by molar-refractivity contribution is 5.97. The third kappa shape index (κ3) is 5.69. The van der Waals surface area contributed by atoms with Gasteiger partial charge in [0.2, 0.25) is 5.95 Å². The number of likely N-dealkylation sites (N-methyl/N-ethyl adjacent to an activating group) is 1. The van der Waals surface area contributed by atoms with Crippen LogP contribution in [0.1, 0.15) is 52.7 Å². The van der Waals surface area contributed by atoms with Gasteiger partial charge in [0.1, 0.15) is 5.75 Å². The molecular weight excluding hydrogens is 426 g/mol. The Hall–Kier alpha value is -2.67. The minimum atomic E-state index is 0.141.